The number of benzene rings is 1. The first-order valence-electron chi connectivity index (χ1n) is 7.66. The van der Waals surface area contributed by atoms with E-state index in [-0.39, 0.29) is 6.10 Å². The Morgan fingerprint density at radius 2 is 2.04 bits per heavy atom. The van der Waals surface area contributed by atoms with Gasteiger partial charge >= 0.3 is 0 Å². The fourth-order valence-corrected chi connectivity index (χ4v) is 2.96. The van der Waals surface area contributed by atoms with Gasteiger partial charge in [0, 0.05) is 23.7 Å². The highest BCUT2D eigenvalue weighted by Gasteiger charge is 2.18. The molecule has 0 amide bonds. The van der Waals surface area contributed by atoms with Crippen LogP contribution in [0.3, 0.4) is 0 Å². The number of nitrogens with one attached hydrogen (secondary N) is 1. The van der Waals surface area contributed by atoms with E-state index in [4.69, 9.17) is 20.8 Å². The van der Waals surface area contributed by atoms with Crippen molar-refractivity contribution in [1.29, 1.82) is 0 Å². The van der Waals surface area contributed by atoms with Crippen molar-refractivity contribution in [1.82, 2.24) is 10.2 Å². The van der Waals surface area contributed by atoms with Crippen LogP contribution >= 0.6 is 11.6 Å². The summed E-state index contributed by atoms with van der Waals surface area (Å²) in [5.41, 5.74) is 2.45. The zero-order valence-electron chi connectivity index (χ0n) is 12.5. The Balaban J connectivity index is 1.65. The van der Waals surface area contributed by atoms with Crippen molar-refractivity contribution in [2.24, 2.45) is 0 Å². The fourth-order valence-electron chi connectivity index (χ4n) is 2.83. The number of ether oxygens (including phenoxy) is 1. The Morgan fingerprint density at radius 3 is 2.83 bits per heavy atom. The van der Waals surface area contributed by atoms with Crippen LogP contribution < -0.4 is 5.32 Å². The largest absolute Gasteiger partial charge is 0.460 e. The van der Waals surface area contributed by atoms with E-state index in [0.29, 0.717) is 23.0 Å². The molecule has 23 heavy (non-hydrogen) atoms. The number of nitrogens with zero attached hydrogens (tertiary/aromatic N) is 2. The molecule has 1 aliphatic rings. The van der Waals surface area contributed by atoms with Crippen molar-refractivity contribution >= 4 is 28.4 Å². The summed E-state index contributed by atoms with van der Waals surface area (Å²) in [4.78, 5) is 0. The highest BCUT2D eigenvalue weighted by atomic mass is 35.5. The predicted molar refractivity (Wildman–Crippen MR) is 89.7 cm³/mol. The molecule has 0 saturated carbocycles. The quantitative estimate of drug-likeness (QED) is 0.779. The molecule has 1 aliphatic heterocycles. The van der Waals surface area contributed by atoms with Crippen molar-refractivity contribution in [2.45, 2.75) is 18.9 Å². The van der Waals surface area contributed by atoms with Gasteiger partial charge in [0.2, 0.25) is 0 Å². The van der Waals surface area contributed by atoms with E-state index in [1.807, 2.05) is 30.3 Å². The van der Waals surface area contributed by atoms with Crippen molar-refractivity contribution in [3.63, 3.8) is 0 Å². The maximum Gasteiger partial charge on any atom is 0.192 e. The molecule has 118 valence electrons. The number of anilines is 1. The second-order valence-corrected chi connectivity index (χ2v) is 6.02. The molecule has 3 heterocycles. The van der Waals surface area contributed by atoms with Crippen LogP contribution in [0.1, 0.15) is 12.8 Å². The summed E-state index contributed by atoms with van der Waals surface area (Å²) in [5.74, 6) is 0.651. The summed E-state index contributed by atoms with van der Waals surface area (Å²) < 4.78 is 11.2. The van der Waals surface area contributed by atoms with Crippen molar-refractivity contribution < 1.29 is 9.15 Å². The van der Waals surface area contributed by atoms with E-state index in [9.17, 15) is 0 Å². The maximum atomic E-state index is 5.95. The number of furan rings is 1. The number of hydrogen-bond acceptors (Lipinski definition) is 5. The van der Waals surface area contributed by atoms with Crippen LogP contribution in [0.25, 0.3) is 22.2 Å². The van der Waals surface area contributed by atoms with Gasteiger partial charge in [-0.2, -0.15) is 0 Å². The Hall–Kier alpha value is -2.11. The van der Waals surface area contributed by atoms with Gasteiger partial charge in [-0.05, 0) is 31.0 Å². The van der Waals surface area contributed by atoms with Gasteiger partial charge in [0.1, 0.15) is 5.69 Å². The SMILES string of the molecule is Clc1ccc(-c2nnc(NC[C@@H]3CCCO3)c3occc23)cc1. The Kier molecular flexibility index (Phi) is 3.89. The van der Waals surface area contributed by atoms with Gasteiger partial charge in [-0.3, -0.25) is 0 Å². The minimum absolute atomic E-state index is 0.234. The fraction of sp³-hybridized carbons (Fsp3) is 0.294. The summed E-state index contributed by atoms with van der Waals surface area (Å²) in [6.07, 6.45) is 4.08. The summed E-state index contributed by atoms with van der Waals surface area (Å²) >= 11 is 5.95. The smallest absolute Gasteiger partial charge is 0.192 e. The molecule has 0 spiro atoms. The lowest BCUT2D eigenvalue weighted by atomic mass is 10.1. The second-order valence-electron chi connectivity index (χ2n) is 5.58. The third-order valence-corrected chi connectivity index (χ3v) is 4.28. The van der Waals surface area contributed by atoms with E-state index in [2.05, 4.69) is 15.5 Å². The van der Waals surface area contributed by atoms with Crippen molar-refractivity contribution in [3.8, 4) is 11.3 Å². The van der Waals surface area contributed by atoms with E-state index in [0.717, 1.165) is 36.1 Å². The van der Waals surface area contributed by atoms with E-state index >= 15 is 0 Å². The predicted octanol–water partition coefficient (Wildman–Crippen LogP) is 4.13. The van der Waals surface area contributed by atoms with E-state index in [1.165, 1.54) is 0 Å². The molecule has 0 bridgehead atoms. The summed E-state index contributed by atoms with van der Waals surface area (Å²) in [6, 6.07) is 9.45. The number of hydrogen-bond donors (Lipinski definition) is 1. The van der Waals surface area contributed by atoms with Crippen LogP contribution in [0, 0.1) is 0 Å². The van der Waals surface area contributed by atoms with Crippen LogP contribution in [-0.4, -0.2) is 29.5 Å². The Bertz CT molecular complexity index is 810. The molecular weight excluding hydrogens is 314 g/mol. The monoisotopic (exact) mass is 329 g/mol. The first-order chi connectivity index (χ1) is 11.3. The first kappa shape index (κ1) is 14.5. The summed E-state index contributed by atoms with van der Waals surface area (Å²) in [7, 11) is 0. The Morgan fingerprint density at radius 1 is 1.17 bits per heavy atom. The zero-order valence-corrected chi connectivity index (χ0v) is 13.2. The molecule has 1 atom stereocenters. The summed E-state index contributed by atoms with van der Waals surface area (Å²) in [5, 5.41) is 13.6. The normalized spacial score (nSPS) is 17.7. The average molecular weight is 330 g/mol. The minimum atomic E-state index is 0.234. The standard InChI is InChI=1S/C17H16ClN3O2/c18-12-5-3-11(4-6-12)15-14-7-9-23-16(14)17(21-20-15)19-10-13-2-1-8-22-13/h3-7,9,13H,1-2,8,10H2,(H,19,21)/t13-/m0/s1. The molecule has 1 N–H and O–H groups in total. The van der Waals surface area contributed by atoms with Gasteiger partial charge in [-0.15, -0.1) is 10.2 Å². The number of aromatic nitrogens is 2. The molecule has 0 unspecified atom stereocenters. The molecule has 3 aromatic rings. The molecule has 2 aromatic heterocycles. The highest BCUT2D eigenvalue weighted by Crippen LogP contribution is 2.31. The van der Waals surface area contributed by atoms with Crippen LogP contribution in [-0.2, 0) is 4.74 Å². The van der Waals surface area contributed by atoms with Gasteiger partial charge in [-0.1, -0.05) is 23.7 Å². The second kappa shape index (κ2) is 6.18. The average Bonchev–Trinajstić information content (AvgIpc) is 3.25. The van der Waals surface area contributed by atoms with Gasteiger partial charge in [0.05, 0.1) is 17.8 Å². The van der Waals surface area contributed by atoms with Crippen LogP contribution in [0.15, 0.2) is 41.0 Å². The molecule has 4 rings (SSSR count). The molecule has 1 aromatic carbocycles. The minimum Gasteiger partial charge on any atom is -0.460 e. The lowest BCUT2D eigenvalue weighted by Crippen LogP contribution is -2.19. The lowest BCUT2D eigenvalue weighted by molar-refractivity contribution is 0.120. The molecule has 0 radical (unpaired) electrons. The van der Waals surface area contributed by atoms with Crippen LogP contribution in [0.4, 0.5) is 5.82 Å². The van der Waals surface area contributed by atoms with Crippen molar-refractivity contribution in [2.75, 3.05) is 18.5 Å². The Labute approximate surface area is 138 Å². The molecule has 1 fully saturated rings. The molecule has 0 aliphatic carbocycles. The maximum absolute atomic E-state index is 5.95. The molecule has 5 nitrogen and oxygen atoms in total. The van der Waals surface area contributed by atoms with Gasteiger partial charge in [0.15, 0.2) is 11.4 Å². The van der Waals surface area contributed by atoms with Gasteiger partial charge in [-0.25, -0.2) is 0 Å². The summed E-state index contributed by atoms with van der Waals surface area (Å²) in [6.45, 7) is 1.55. The van der Waals surface area contributed by atoms with Gasteiger partial charge < -0.3 is 14.5 Å². The van der Waals surface area contributed by atoms with Crippen LogP contribution in [0.5, 0.6) is 0 Å². The first-order valence-corrected chi connectivity index (χ1v) is 8.04. The molecule has 1 saturated heterocycles. The van der Waals surface area contributed by atoms with Gasteiger partial charge in [0.25, 0.3) is 0 Å². The zero-order chi connectivity index (χ0) is 15.6. The molecular formula is C17H16ClN3O2. The van der Waals surface area contributed by atoms with E-state index in [1.54, 1.807) is 6.26 Å². The highest BCUT2D eigenvalue weighted by molar-refractivity contribution is 6.30. The number of rotatable bonds is 4. The van der Waals surface area contributed by atoms with Crippen LogP contribution in [0.2, 0.25) is 5.02 Å². The third-order valence-electron chi connectivity index (χ3n) is 4.02. The topological polar surface area (TPSA) is 60.2 Å². The molecule has 6 heteroatoms. The lowest BCUT2D eigenvalue weighted by Gasteiger charge is -2.11. The number of halogens is 1. The number of fused-ring (bicyclic) bond motifs is 1. The van der Waals surface area contributed by atoms with Crippen molar-refractivity contribution in [3.05, 3.63) is 41.6 Å². The van der Waals surface area contributed by atoms with E-state index < -0.39 is 0 Å². The third kappa shape index (κ3) is 2.90.